The normalized spacial score (nSPS) is 14.6. The van der Waals surface area contributed by atoms with Crippen molar-refractivity contribution in [3.8, 4) is 0 Å². The van der Waals surface area contributed by atoms with Crippen molar-refractivity contribution in [3.05, 3.63) is 63.1 Å². The Bertz CT molecular complexity index is 1080. The Kier molecular flexibility index (Phi) is 4.66. The van der Waals surface area contributed by atoms with Crippen molar-refractivity contribution in [2.75, 3.05) is 7.05 Å². The molecule has 1 unspecified atom stereocenters. The lowest BCUT2D eigenvalue weighted by Gasteiger charge is -2.26. The number of carbonyl (C=O) groups is 1. The van der Waals surface area contributed by atoms with Crippen LogP contribution in [0.1, 0.15) is 41.3 Å². The second kappa shape index (κ2) is 7.14. The third-order valence-electron chi connectivity index (χ3n) is 5.71. The number of benzene rings is 1. The van der Waals surface area contributed by atoms with Crippen molar-refractivity contribution in [2.45, 2.75) is 38.1 Å². The highest BCUT2D eigenvalue weighted by atomic mass is 16.4. The van der Waals surface area contributed by atoms with Crippen LogP contribution >= 0.6 is 0 Å². The number of H-pyrrole nitrogens is 1. The lowest BCUT2D eigenvalue weighted by molar-refractivity contribution is 0.137. The quantitative estimate of drug-likeness (QED) is 0.728. The first-order valence-electron chi connectivity index (χ1n) is 9.57. The highest BCUT2D eigenvalue weighted by molar-refractivity contribution is 5.84. The van der Waals surface area contributed by atoms with Crippen molar-refractivity contribution in [1.29, 1.82) is 0 Å². The number of aromatic amines is 1. The lowest BCUT2D eigenvalue weighted by atomic mass is 9.89. The maximum absolute atomic E-state index is 12.5. The molecule has 0 saturated carbocycles. The van der Waals surface area contributed by atoms with Crippen LogP contribution < -0.4 is 5.56 Å². The van der Waals surface area contributed by atoms with Crippen molar-refractivity contribution in [1.82, 2.24) is 19.7 Å². The molecule has 146 valence electrons. The SMILES string of the molecule is CN(C(=O)O)C(Cc1ccccc1)c1nn(C)c2[nH]c(=O)c3c(c12)CCCC3. The van der Waals surface area contributed by atoms with Crippen LogP contribution in [0, 0.1) is 0 Å². The van der Waals surface area contributed by atoms with E-state index in [1.165, 1.54) is 4.90 Å². The van der Waals surface area contributed by atoms with E-state index in [1.807, 2.05) is 30.3 Å². The van der Waals surface area contributed by atoms with Gasteiger partial charge in [-0.1, -0.05) is 30.3 Å². The minimum atomic E-state index is -1.00. The third-order valence-corrected chi connectivity index (χ3v) is 5.71. The molecule has 0 fully saturated rings. The molecule has 1 aliphatic carbocycles. The number of aromatic nitrogens is 3. The van der Waals surface area contributed by atoms with E-state index in [0.29, 0.717) is 17.8 Å². The number of pyridine rings is 1. The Morgan fingerprint density at radius 3 is 2.61 bits per heavy atom. The molecule has 7 nitrogen and oxygen atoms in total. The third kappa shape index (κ3) is 3.06. The number of likely N-dealkylation sites (N-methyl/N-ethyl adjacent to an activating group) is 1. The number of aryl methyl sites for hydroxylation is 2. The fourth-order valence-corrected chi connectivity index (χ4v) is 4.22. The standard InChI is InChI=1S/C21H24N4O3/c1-24(21(27)28)16(12-13-8-4-3-5-9-13)18-17-14-10-6-7-11-15(14)20(26)22-19(17)25(2)23-18/h3-5,8-9,16H,6-7,10-12H2,1-2H3,(H,22,26)(H,27,28). The molecule has 1 atom stereocenters. The average molecular weight is 380 g/mol. The Balaban J connectivity index is 1.93. The van der Waals surface area contributed by atoms with Gasteiger partial charge in [-0.3, -0.25) is 9.48 Å². The molecule has 0 aliphatic heterocycles. The molecule has 3 aromatic rings. The molecule has 2 aromatic heterocycles. The number of carboxylic acid groups (broad SMARTS) is 1. The Hall–Kier alpha value is -3.09. The molecule has 0 radical (unpaired) electrons. The second-order valence-electron chi connectivity index (χ2n) is 7.45. The minimum Gasteiger partial charge on any atom is -0.465 e. The van der Waals surface area contributed by atoms with Crippen LogP contribution in [0.25, 0.3) is 11.0 Å². The van der Waals surface area contributed by atoms with Gasteiger partial charge in [0.25, 0.3) is 5.56 Å². The first kappa shape index (κ1) is 18.3. The van der Waals surface area contributed by atoms with Crippen molar-refractivity contribution in [2.24, 2.45) is 7.05 Å². The lowest BCUT2D eigenvalue weighted by Crippen LogP contribution is -2.32. The number of hydrogen-bond acceptors (Lipinski definition) is 3. The zero-order chi connectivity index (χ0) is 19.8. The molecule has 0 saturated heterocycles. The van der Waals surface area contributed by atoms with E-state index in [0.717, 1.165) is 47.8 Å². The Labute approximate surface area is 162 Å². The molecule has 2 N–H and O–H groups in total. The van der Waals surface area contributed by atoms with E-state index in [9.17, 15) is 14.7 Å². The van der Waals surface area contributed by atoms with Gasteiger partial charge in [0.15, 0.2) is 0 Å². The van der Waals surface area contributed by atoms with E-state index in [1.54, 1.807) is 18.8 Å². The number of hydrogen-bond donors (Lipinski definition) is 2. The summed E-state index contributed by atoms with van der Waals surface area (Å²) >= 11 is 0. The summed E-state index contributed by atoms with van der Waals surface area (Å²) in [5.74, 6) is 0. The largest absolute Gasteiger partial charge is 0.465 e. The topological polar surface area (TPSA) is 91.2 Å². The summed E-state index contributed by atoms with van der Waals surface area (Å²) in [7, 11) is 3.37. The highest BCUT2D eigenvalue weighted by Gasteiger charge is 2.30. The number of amides is 1. The number of rotatable bonds is 4. The molecule has 7 heteroatoms. The molecule has 1 amide bonds. The first-order valence-corrected chi connectivity index (χ1v) is 9.57. The van der Waals surface area contributed by atoms with Crippen LogP contribution in [-0.2, 0) is 26.3 Å². The fourth-order valence-electron chi connectivity index (χ4n) is 4.22. The smallest absolute Gasteiger partial charge is 0.407 e. The zero-order valence-electron chi connectivity index (χ0n) is 16.1. The van der Waals surface area contributed by atoms with E-state index in [-0.39, 0.29) is 5.56 Å². The van der Waals surface area contributed by atoms with Gasteiger partial charge >= 0.3 is 6.09 Å². The molecule has 4 rings (SSSR count). The van der Waals surface area contributed by atoms with Gasteiger partial charge < -0.3 is 15.0 Å². The van der Waals surface area contributed by atoms with Gasteiger partial charge in [-0.25, -0.2) is 4.79 Å². The van der Waals surface area contributed by atoms with Crippen LogP contribution in [0.3, 0.4) is 0 Å². The minimum absolute atomic E-state index is 0.0528. The second-order valence-corrected chi connectivity index (χ2v) is 7.45. The first-order chi connectivity index (χ1) is 13.5. The fraction of sp³-hybridized carbons (Fsp3) is 0.381. The van der Waals surface area contributed by atoms with Crippen LogP contribution in [0.5, 0.6) is 0 Å². The summed E-state index contributed by atoms with van der Waals surface area (Å²) < 4.78 is 1.66. The highest BCUT2D eigenvalue weighted by Crippen LogP contribution is 2.34. The molecule has 2 heterocycles. The van der Waals surface area contributed by atoms with Gasteiger partial charge in [-0.05, 0) is 43.2 Å². The summed E-state index contributed by atoms with van der Waals surface area (Å²) in [6, 6.07) is 9.37. The molecule has 0 bridgehead atoms. The summed E-state index contributed by atoms with van der Waals surface area (Å²) in [5, 5.41) is 15.3. The zero-order valence-corrected chi connectivity index (χ0v) is 16.1. The summed E-state index contributed by atoms with van der Waals surface area (Å²) in [5.41, 5.74) is 4.22. The molecule has 1 aliphatic rings. The van der Waals surface area contributed by atoms with Crippen LogP contribution in [0.4, 0.5) is 4.79 Å². The van der Waals surface area contributed by atoms with Gasteiger partial charge in [0.2, 0.25) is 0 Å². The molecule has 0 spiro atoms. The Morgan fingerprint density at radius 2 is 1.93 bits per heavy atom. The van der Waals surface area contributed by atoms with Gasteiger partial charge in [-0.2, -0.15) is 5.10 Å². The molecule has 28 heavy (non-hydrogen) atoms. The maximum Gasteiger partial charge on any atom is 0.407 e. The Morgan fingerprint density at radius 1 is 1.25 bits per heavy atom. The van der Waals surface area contributed by atoms with E-state index >= 15 is 0 Å². The van der Waals surface area contributed by atoms with Crippen LogP contribution in [0.15, 0.2) is 35.1 Å². The van der Waals surface area contributed by atoms with Gasteiger partial charge in [-0.15, -0.1) is 0 Å². The van der Waals surface area contributed by atoms with Gasteiger partial charge in [0.05, 0.1) is 11.7 Å². The summed E-state index contributed by atoms with van der Waals surface area (Å²) in [4.78, 5) is 28.7. The van der Waals surface area contributed by atoms with E-state index in [4.69, 9.17) is 0 Å². The molecule has 1 aromatic carbocycles. The van der Waals surface area contributed by atoms with Crippen LogP contribution in [0.2, 0.25) is 0 Å². The maximum atomic E-state index is 12.5. The van der Waals surface area contributed by atoms with Gasteiger partial charge in [0, 0.05) is 25.0 Å². The van der Waals surface area contributed by atoms with Gasteiger partial charge in [0.1, 0.15) is 5.65 Å². The van der Waals surface area contributed by atoms with Crippen LogP contribution in [-0.4, -0.2) is 37.9 Å². The monoisotopic (exact) mass is 380 g/mol. The predicted molar refractivity (Wildman–Crippen MR) is 107 cm³/mol. The predicted octanol–water partition coefficient (Wildman–Crippen LogP) is 3.03. The summed E-state index contributed by atoms with van der Waals surface area (Å²) in [6.07, 6.45) is 3.12. The van der Waals surface area contributed by atoms with E-state index in [2.05, 4.69) is 10.1 Å². The van der Waals surface area contributed by atoms with Crippen molar-refractivity contribution in [3.63, 3.8) is 0 Å². The summed E-state index contributed by atoms with van der Waals surface area (Å²) in [6.45, 7) is 0. The van der Waals surface area contributed by atoms with E-state index < -0.39 is 12.1 Å². The number of fused-ring (bicyclic) bond motifs is 3. The number of nitrogens with one attached hydrogen (secondary N) is 1. The average Bonchev–Trinajstić information content (AvgIpc) is 3.03. The molecular formula is C21H24N4O3. The number of nitrogens with zero attached hydrogens (tertiary/aromatic N) is 3. The van der Waals surface area contributed by atoms with Crippen molar-refractivity contribution >= 4 is 17.1 Å². The van der Waals surface area contributed by atoms with Crippen molar-refractivity contribution < 1.29 is 9.90 Å². The molecular weight excluding hydrogens is 356 g/mol.